The van der Waals surface area contributed by atoms with Gasteiger partial charge in [-0.3, -0.25) is 0 Å². The van der Waals surface area contributed by atoms with Crippen LogP contribution >= 0.6 is 12.6 Å². The lowest BCUT2D eigenvalue weighted by Gasteiger charge is -2.18. The Morgan fingerprint density at radius 3 is 2.10 bits per heavy atom. The van der Waals surface area contributed by atoms with Gasteiger partial charge in [0.15, 0.2) is 0 Å². The lowest BCUT2D eigenvalue weighted by molar-refractivity contribution is -0.149. The number of hydrogen-bond acceptors (Lipinski definition) is 2. The van der Waals surface area contributed by atoms with Crippen molar-refractivity contribution in [2.24, 2.45) is 0 Å². The zero-order chi connectivity index (χ0) is 8.20. The Kier molecular flexibility index (Phi) is 4.12. The first-order valence-corrected chi connectivity index (χ1v) is 3.56. The highest BCUT2D eigenvalue weighted by Crippen LogP contribution is 2.20. The Bertz CT molecular complexity index is 93.4. The summed E-state index contributed by atoms with van der Waals surface area (Å²) in [6.07, 6.45) is -4.17. The van der Waals surface area contributed by atoms with Crippen molar-refractivity contribution in [1.29, 1.82) is 0 Å². The Labute approximate surface area is 63.4 Å². The molecule has 0 saturated heterocycles. The van der Waals surface area contributed by atoms with E-state index in [2.05, 4.69) is 17.9 Å². The van der Waals surface area contributed by atoms with Gasteiger partial charge in [0, 0.05) is 5.75 Å². The fourth-order valence-corrected chi connectivity index (χ4v) is 0.866. The molecule has 1 nitrogen and oxygen atoms in total. The summed E-state index contributed by atoms with van der Waals surface area (Å²) in [7, 11) is 0. The maximum Gasteiger partial charge on any atom is 0.404 e. The molecule has 1 atom stereocenters. The molecule has 0 spiro atoms. The van der Waals surface area contributed by atoms with Gasteiger partial charge in [-0.25, -0.2) is 0 Å². The van der Waals surface area contributed by atoms with Gasteiger partial charge in [0.1, 0.15) is 6.04 Å². The maximum atomic E-state index is 11.8. The number of rotatable bonds is 3. The van der Waals surface area contributed by atoms with Gasteiger partial charge in [0.2, 0.25) is 0 Å². The maximum absolute atomic E-state index is 11.8. The molecule has 0 heterocycles. The van der Waals surface area contributed by atoms with Crippen molar-refractivity contribution in [2.75, 3.05) is 12.3 Å². The van der Waals surface area contributed by atoms with Crippen molar-refractivity contribution in [3.8, 4) is 0 Å². The van der Waals surface area contributed by atoms with Crippen molar-refractivity contribution >= 4 is 12.6 Å². The Morgan fingerprint density at radius 1 is 1.50 bits per heavy atom. The van der Waals surface area contributed by atoms with E-state index < -0.39 is 12.2 Å². The number of nitrogens with one attached hydrogen (secondary N) is 1. The molecule has 0 aliphatic carbocycles. The van der Waals surface area contributed by atoms with Crippen LogP contribution in [0.2, 0.25) is 0 Å². The molecule has 0 fully saturated rings. The molecule has 0 aliphatic heterocycles. The summed E-state index contributed by atoms with van der Waals surface area (Å²) in [6.45, 7) is 1.94. The average Bonchev–Trinajstić information content (AvgIpc) is 1.80. The van der Waals surface area contributed by atoms with Crippen LogP contribution in [0.5, 0.6) is 0 Å². The summed E-state index contributed by atoms with van der Waals surface area (Å²) >= 11 is 3.56. The second kappa shape index (κ2) is 4.08. The van der Waals surface area contributed by atoms with Crippen LogP contribution in [0.1, 0.15) is 6.92 Å². The highest BCUT2D eigenvalue weighted by molar-refractivity contribution is 7.80. The quantitative estimate of drug-likeness (QED) is 0.616. The first kappa shape index (κ1) is 10.1. The highest BCUT2D eigenvalue weighted by atomic mass is 32.1. The molecule has 0 rings (SSSR count). The molecule has 0 radical (unpaired) electrons. The van der Waals surface area contributed by atoms with Crippen LogP contribution in [-0.4, -0.2) is 24.5 Å². The van der Waals surface area contributed by atoms with E-state index >= 15 is 0 Å². The van der Waals surface area contributed by atoms with Crippen LogP contribution in [0.4, 0.5) is 13.2 Å². The van der Waals surface area contributed by atoms with Crippen molar-refractivity contribution in [1.82, 2.24) is 5.32 Å². The second-order valence-corrected chi connectivity index (χ2v) is 2.20. The van der Waals surface area contributed by atoms with E-state index in [1.54, 1.807) is 6.92 Å². The van der Waals surface area contributed by atoms with Gasteiger partial charge in [-0.1, -0.05) is 6.92 Å². The van der Waals surface area contributed by atoms with E-state index in [1.807, 2.05) is 0 Å². The highest BCUT2D eigenvalue weighted by Gasteiger charge is 2.37. The van der Waals surface area contributed by atoms with Crippen LogP contribution in [0.15, 0.2) is 0 Å². The van der Waals surface area contributed by atoms with Gasteiger partial charge in [0.25, 0.3) is 0 Å². The molecule has 5 heteroatoms. The zero-order valence-corrected chi connectivity index (χ0v) is 6.47. The van der Waals surface area contributed by atoms with Crippen LogP contribution in [-0.2, 0) is 0 Å². The lowest BCUT2D eigenvalue weighted by atomic mass is 10.3. The fourth-order valence-electron chi connectivity index (χ4n) is 0.530. The zero-order valence-electron chi connectivity index (χ0n) is 5.57. The number of halogens is 3. The second-order valence-electron chi connectivity index (χ2n) is 1.83. The van der Waals surface area contributed by atoms with Crippen LogP contribution in [0.25, 0.3) is 0 Å². The molecular weight excluding hydrogens is 163 g/mol. The predicted octanol–water partition coefficient (Wildman–Crippen LogP) is 1.46. The molecule has 1 unspecified atom stereocenters. The molecular formula is C5H10F3NS. The SMILES string of the molecule is CCNC(CS)C(F)(F)F. The summed E-state index contributed by atoms with van der Waals surface area (Å²) in [5.41, 5.74) is 0. The number of hydrogen-bond donors (Lipinski definition) is 2. The van der Waals surface area contributed by atoms with Crippen molar-refractivity contribution in [3.63, 3.8) is 0 Å². The van der Waals surface area contributed by atoms with E-state index in [0.717, 1.165) is 0 Å². The van der Waals surface area contributed by atoms with Crippen LogP contribution in [0.3, 0.4) is 0 Å². The molecule has 62 valence electrons. The summed E-state index contributed by atoms with van der Waals surface area (Å²) in [5, 5.41) is 2.27. The van der Waals surface area contributed by atoms with E-state index in [9.17, 15) is 13.2 Å². The first-order valence-electron chi connectivity index (χ1n) is 2.93. The van der Waals surface area contributed by atoms with Crippen molar-refractivity contribution in [3.05, 3.63) is 0 Å². The van der Waals surface area contributed by atoms with Gasteiger partial charge >= 0.3 is 6.18 Å². The van der Waals surface area contributed by atoms with Gasteiger partial charge in [-0.2, -0.15) is 25.8 Å². The Morgan fingerprint density at radius 2 is 2.00 bits per heavy atom. The Hall–Kier alpha value is 0.100. The largest absolute Gasteiger partial charge is 0.404 e. The Balaban J connectivity index is 3.81. The lowest BCUT2D eigenvalue weighted by Crippen LogP contribution is -2.43. The molecule has 0 aliphatic rings. The van der Waals surface area contributed by atoms with Crippen molar-refractivity contribution < 1.29 is 13.2 Å². The molecule has 1 N–H and O–H groups in total. The summed E-state index contributed by atoms with van der Waals surface area (Å²) in [6, 6.07) is -1.47. The first-order chi connectivity index (χ1) is 4.52. The fraction of sp³-hybridized carbons (Fsp3) is 1.00. The van der Waals surface area contributed by atoms with Crippen LogP contribution < -0.4 is 5.32 Å². The standard InChI is InChI=1S/C5H10F3NS/c1-2-9-4(3-10)5(6,7)8/h4,9-10H,2-3H2,1H3. The van der Waals surface area contributed by atoms with Gasteiger partial charge in [-0.05, 0) is 6.54 Å². The average molecular weight is 173 g/mol. The molecule has 0 aromatic heterocycles. The summed E-state index contributed by atoms with van der Waals surface area (Å²) in [5.74, 6) is -0.211. The third-order valence-corrected chi connectivity index (χ3v) is 1.39. The molecule has 10 heavy (non-hydrogen) atoms. The minimum atomic E-state index is -4.17. The van der Waals surface area contributed by atoms with Gasteiger partial charge in [-0.15, -0.1) is 0 Å². The monoisotopic (exact) mass is 173 g/mol. The van der Waals surface area contributed by atoms with E-state index in [0.29, 0.717) is 6.54 Å². The molecule has 0 aromatic carbocycles. The third kappa shape index (κ3) is 3.31. The van der Waals surface area contributed by atoms with E-state index in [4.69, 9.17) is 0 Å². The topological polar surface area (TPSA) is 12.0 Å². The molecule has 0 bridgehead atoms. The molecule has 0 saturated carbocycles. The van der Waals surface area contributed by atoms with Gasteiger partial charge in [0.05, 0.1) is 0 Å². The third-order valence-electron chi connectivity index (χ3n) is 1.03. The smallest absolute Gasteiger partial charge is 0.306 e. The van der Waals surface area contributed by atoms with Crippen LogP contribution in [0, 0.1) is 0 Å². The summed E-state index contributed by atoms with van der Waals surface area (Å²) in [4.78, 5) is 0. The molecule has 0 aromatic rings. The number of alkyl halides is 3. The van der Waals surface area contributed by atoms with E-state index in [-0.39, 0.29) is 5.75 Å². The minimum absolute atomic E-state index is 0.211. The van der Waals surface area contributed by atoms with Crippen molar-refractivity contribution in [2.45, 2.75) is 19.1 Å². The normalized spacial score (nSPS) is 15.3. The minimum Gasteiger partial charge on any atom is -0.306 e. The van der Waals surface area contributed by atoms with Gasteiger partial charge < -0.3 is 5.32 Å². The predicted molar refractivity (Wildman–Crippen MR) is 37.4 cm³/mol. The van der Waals surface area contributed by atoms with E-state index in [1.165, 1.54) is 0 Å². The number of thiol groups is 1. The molecule has 0 amide bonds. The summed E-state index contributed by atoms with van der Waals surface area (Å²) < 4.78 is 35.4.